The van der Waals surface area contributed by atoms with E-state index in [9.17, 15) is 14.7 Å². The van der Waals surface area contributed by atoms with Gasteiger partial charge in [0.25, 0.3) is 11.8 Å². The highest BCUT2D eigenvalue weighted by Gasteiger charge is 2.25. The molecule has 1 aromatic carbocycles. The van der Waals surface area contributed by atoms with Gasteiger partial charge in [-0.3, -0.25) is 9.59 Å². The first-order valence-electron chi connectivity index (χ1n) is 8.22. The van der Waals surface area contributed by atoms with E-state index in [1.165, 1.54) is 12.3 Å². The van der Waals surface area contributed by atoms with Gasteiger partial charge in [0.1, 0.15) is 11.5 Å². The summed E-state index contributed by atoms with van der Waals surface area (Å²) in [6.45, 7) is 0.910. The second-order valence-electron chi connectivity index (χ2n) is 5.92. The number of nitrogens with one attached hydrogen (secondary N) is 1. The molecule has 1 aliphatic rings. The van der Waals surface area contributed by atoms with E-state index in [2.05, 4.69) is 5.32 Å². The molecule has 2 N–H and O–H groups in total. The minimum Gasteiger partial charge on any atom is -0.465 e. The fraction of sp³-hybridized carbons (Fsp3) is 0.263. The Hall–Kier alpha value is -2.86. The third-order valence-electron chi connectivity index (χ3n) is 4.10. The quantitative estimate of drug-likeness (QED) is 0.835. The summed E-state index contributed by atoms with van der Waals surface area (Å²) in [6.07, 6.45) is 3.72. The smallest absolute Gasteiger partial charge is 0.270 e. The summed E-state index contributed by atoms with van der Waals surface area (Å²) in [5, 5.41) is 12.3. The van der Waals surface area contributed by atoms with Crippen molar-refractivity contribution in [2.75, 3.05) is 13.1 Å². The Labute approximate surface area is 145 Å². The maximum atomic E-state index is 12.8. The zero-order valence-electron chi connectivity index (χ0n) is 13.7. The molecule has 3 rings (SSSR count). The molecule has 1 aliphatic heterocycles. The largest absolute Gasteiger partial charge is 0.465 e. The van der Waals surface area contributed by atoms with Crippen molar-refractivity contribution in [1.82, 2.24) is 10.2 Å². The highest BCUT2D eigenvalue weighted by Crippen LogP contribution is 2.15. The molecular formula is C19H20N2O4. The van der Waals surface area contributed by atoms with Gasteiger partial charge in [-0.25, -0.2) is 0 Å². The van der Waals surface area contributed by atoms with Crippen LogP contribution in [0.4, 0.5) is 0 Å². The molecule has 0 spiro atoms. The summed E-state index contributed by atoms with van der Waals surface area (Å²) in [6, 6.07) is 12.1. The lowest BCUT2D eigenvalue weighted by molar-refractivity contribution is -0.129. The van der Waals surface area contributed by atoms with E-state index < -0.39 is 0 Å². The SMILES string of the molecule is O=C(NC(=Cc1ccco1)C(=O)N1CCC(O)CC1)c1ccccc1. The van der Waals surface area contributed by atoms with Gasteiger partial charge in [-0.05, 0) is 37.1 Å². The van der Waals surface area contributed by atoms with Crippen molar-refractivity contribution in [3.05, 3.63) is 65.7 Å². The fourth-order valence-corrected chi connectivity index (χ4v) is 2.69. The minimum atomic E-state index is -0.375. The van der Waals surface area contributed by atoms with Crippen LogP contribution in [-0.4, -0.2) is 41.0 Å². The number of hydrogen-bond donors (Lipinski definition) is 2. The molecule has 6 nitrogen and oxygen atoms in total. The van der Waals surface area contributed by atoms with Crippen molar-refractivity contribution in [2.24, 2.45) is 0 Å². The normalized spacial score (nSPS) is 15.9. The topological polar surface area (TPSA) is 82.8 Å². The molecular weight excluding hydrogens is 320 g/mol. The summed E-state index contributed by atoms with van der Waals surface area (Å²) < 4.78 is 5.27. The first-order chi connectivity index (χ1) is 12.1. The Morgan fingerprint density at radius 2 is 1.84 bits per heavy atom. The first-order valence-corrected chi connectivity index (χ1v) is 8.22. The van der Waals surface area contributed by atoms with Crippen LogP contribution in [0.3, 0.4) is 0 Å². The molecule has 2 amide bonds. The molecule has 1 aromatic heterocycles. The van der Waals surface area contributed by atoms with Gasteiger partial charge in [-0.2, -0.15) is 0 Å². The van der Waals surface area contributed by atoms with Crippen molar-refractivity contribution in [3.8, 4) is 0 Å². The highest BCUT2D eigenvalue weighted by atomic mass is 16.3. The maximum absolute atomic E-state index is 12.8. The molecule has 0 atom stereocenters. The molecule has 1 fully saturated rings. The third kappa shape index (κ3) is 4.36. The van der Waals surface area contributed by atoms with Crippen LogP contribution in [0.15, 0.2) is 58.8 Å². The average molecular weight is 340 g/mol. The van der Waals surface area contributed by atoms with Crippen LogP contribution >= 0.6 is 0 Å². The number of nitrogens with zero attached hydrogens (tertiary/aromatic N) is 1. The second-order valence-corrected chi connectivity index (χ2v) is 5.92. The van der Waals surface area contributed by atoms with Crippen molar-refractivity contribution in [2.45, 2.75) is 18.9 Å². The molecule has 0 bridgehead atoms. The highest BCUT2D eigenvalue weighted by molar-refractivity contribution is 6.05. The molecule has 130 valence electrons. The summed E-state index contributed by atoms with van der Waals surface area (Å²) in [5.74, 6) is -0.162. The second kappa shape index (κ2) is 7.81. The molecule has 0 saturated carbocycles. The molecule has 0 aliphatic carbocycles. The maximum Gasteiger partial charge on any atom is 0.270 e. The van der Waals surface area contributed by atoms with E-state index >= 15 is 0 Å². The van der Waals surface area contributed by atoms with Crippen molar-refractivity contribution in [3.63, 3.8) is 0 Å². The summed E-state index contributed by atoms with van der Waals surface area (Å²) in [4.78, 5) is 26.9. The Morgan fingerprint density at radius 1 is 1.12 bits per heavy atom. The standard InChI is InChI=1S/C19H20N2O4/c22-15-8-10-21(11-9-15)19(24)17(13-16-7-4-12-25-16)20-18(23)14-5-2-1-3-6-14/h1-7,12-13,15,22H,8-11H2,(H,20,23). The van der Waals surface area contributed by atoms with Gasteiger partial charge in [-0.15, -0.1) is 0 Å². The Kier molecular flexibility index (Phi) is 5.30. The number of aliphatic hydroxyl groups excluding tert-OH is 1. The van der Waals surface area contributed by atoms with Gasteiger partial charge in [0.05, 0.1) is 12.4 Å². The predicted octanol–water partition coefficient (Wildman–Crippen LogP) is 2.03. The lowest BCUT2D eigenvalue weighted by Gasteiger charge is -2.30. The predicted molar refractivity (Wildman–Crippen MR) is 92.4 cm³/mol. The van der Waals surface area contributed by atoms with Crippen LogP contribution in [0.25, 0.3) is 6.08 Å². The number of likely N-dealkylation sites (tertiary alicyclic amines) is 1. The summed E-state index contributed by atoms with van der Waals surface area (Å²) in [5.41, 5.74) is 0.620. The number of furan rings is 1. The summed E-state index contributed by atoms with van der Waals surface area (Å²) in [7, 11) is 0. The Morgan fingerprint density at radius 3 is 2.48 bits per heavy atom. The molecule has 2 heterocycles. The number of rotatable bonds is 4. The van der Waals surface area contributed by atoms with Crippen LogP contribution in [-0.2, 0) is 4.79 Å². The van der Waals surface area contributed by atoms with Crippen molar-refractivity contribution < 1.29 is 19.1 Å². The monoisotopic (exact) mass is 340 g/mol. The number of benzene rings is 1. The number of carbonyl (C=O) groups excluding carboxylic acids is 2. The zero-order chi connectivity index (χ0) is 17.6. The van der Waals surface area contributed by atoms with Crippen molar-refractivity contribution >= 4 is 17.9 Å². The van der Waals surface area contributed by atoms with Gasteiger partial charge in [0.2, 0.25) is 0 Å². The van der Waals surface area contributed by atoms with E-state index in [1.807, 2.05) is 6.07 Å². The van der Waals surface area contributed by atoms with E-state index in [-0.39, 0.29) is 23.6 Å². The van der Waals surface area contributed by atoms with Crippen LogP contribution < -0.4 is 5.32 Å². The molecule has 0 radical (unpaired) electrons. The van der Waals surface area contributed by atoms with E-state index in [0.29, 0.717) is 37.3 Å². The van der Waals surface area contributed by atoms with Crippen LogP contribution in [0, 0.1) is 0 Å². The van der Waals surface area contributed by atoms with E-state index in [0.717, 1.165) is 0 Å². The Balaban J connectivity index is 1.80. The fourth-order valence-electron chi connectivity index (χ4n) is 2.69. The van der Waals surface area contributed by atoms with Gasteiger partial charge < -0.3 is 19.7 Å². The molecule has 25 heavy (non-hydrogen) atoms. The van der Waals surface area contributed by atoms with E-state index in [4.69, 9.17) is 4.42 Å². The van der Waals surface area contributed by atoms with Gasteiger partial charge in [0, 0.05) is 24.7 Å². The number of carbonyl (C=O) groups is 2. The van der Waals surface area contributed by atoms with Crippen LogP contribution in [0.2, 0.25) is 0 Å². The van der Waals surface area contributed by atoms with Gasteiger partial charge in [0.15, 0.2) is 0 Å². The zero-order valence-corrected chi connectivity index (χ0v) is 13.7. The van der Waals surface area contributed by atoms with Gasteiger partial charge >= 0.3 is 0 Å². The number of hydrogen-bond acceptors (Lipinski definition) is 4. The molecule has 6 heteroatoms. The van der Waals surface area contributed by atoms with E-state index in [1.54, 1.807) is 41.3 Å². The lowest BCUT2D eigenvalue weighted by Crippen LogP contribution is -2.43. The number of piperidine rings is 1. The van der Waals surface area contributed by atoms with Crippen LogP contribution in [0.1, 0.15) is 29.0 Å². The number of aliphatic hydroxyl groups is 1. The Bertz CT molecular complexity index is 745. The molecule has 0 unspecified atom stereocenters. The molecule has 2 aromatic rings. The minimum absolute atomic E-state index is 0.153. The lowest BCUT2D eigenvalue weighted by atomic mass is 10.1. The molecule has 1 saturated heterocycles. The first kappa shape index (κ1) is 17.0. The average Bonchev–Trinajstić information content (AvgIpc) is 3.15. The van der Waals surface area contributed by atoms with Gasteiger partial charge in [-0.1, -0.05) is 18.2 Å². The van der Waals surface area contributed by atoms with Crippen molar-refractivity contribution in [1.29, 1.82) is 0 Å². The number of amides is 2. The third-order valence-corrected chi connectivity index (χ3v) is 4.10. The summed E-state index contributed by atoms with van der Waals surface area (Å²) >= 11 is 0. The van der Waals surface area contributed by atoms with Crippen LogP contribution in [0.5, 0.6) is 0 Å².